The smallest absolute Gasteiger partial charge is 0.416 e. The van der Waals surface area contributed by atoms with Gasteiger partial charge in [0.15, 0.2) is 5.11 Å². The lowest BCUT2D eigenvalue weighted by molar-refractivity contribution is -0.143. The zero-order valence-electron chi connectivity index (χ0n) is 18.5. The number of nitrogens with one attached hydrogen (secondary N) is 2. The molecule has 1 heterocycles. The van der Waals surface area contributed by atoms with Gasteiger partial charge in [0.05, 0.1) is 28.4 Å². The molecule has 1 aliphatic heterocycles. The molecule has 36 heavy (non-hydrogen) atoms. The van der Waals surface area contributed by atoms with Crippen LogP contribution >= 0.6 is 12.2 Å². The van der Waals surface area contributed by atoms with Crippen molar-refractivity contribution in [2.45, 2.75) is 24.8 Å². The van der Waals surface area contributed by atoms with Crippen molar-refractivity contribution in [1.82, 2.24) is 0 Å². The maximum absolute atomic E-state index is 13.1. The summed E-state index contributed by atoms with van der Waals surface area (Å²) in [6.45, 7) is 0.367. The Morgan fingerprint density at radius 1 is 0.861 bits per heavy atom. The molecule has 0 aromatic heterocycles. The van der Waals surface area contributed by atoms with Crippen LogP contribution in [0.4, 0.5) is 37.7 Å². The predicted molar refractivity (Wildman–Crippen MR) is 129 cm³/mol. The van der Waals surface area contributed by atoms with Gasteiger partial charge in [-0.05, 0) is 54.5 Å². The second-order valence-corrected chi connectivity index (χ2v) is 8.42. The summed E-state index contributed by atoms with van der Waals surface area (Å²) in [7, 11) is 0. The maximum Gasteiger partial charge on any atom is 0.416 e. The minimum absolute atomic E-state index is 0.0540. The summed E-state index contributed by atoms with van der Waals surface area (Å²) in [5, 5.41) is 5.03. The zero-order chi connectivity index (χ0) is 25.9. The van der Waals surface area contributed by atoms with E-state index in [1.54, 1.807) is 24.3 Å². The van der Waals surface area contributed by atoms with E-state index in [2.05, 4.69) is 15.6 Å². The Balaban J connectivity index is 1.52. The fourth-order valence-corrected chi connectivity index (χ4v) is 3.87. The van der Waals surface area contributed by atoms with E-state index < -0.39 is 29.2 Å². The first-order chi connectivity index (χ1) is 17.0. The largest absolute Gasteiger partial charge is 0.475 e. The minimum Gasteiger partial charge on any atom is -0.475 e. The normalized spacial score (nSPS) is 15.7. The summed E-state index contributed by atoms with van der Waals surface area (Å²) in [6.07, 6.45) is -9.25. The lowest BCUT2D eigenvalue weighted by atomic mass is 10.1. The van der Waals surface area contributed by atoms with Crippen molar-refractivity contribution in [2.75, 3.05) is 17.2 Å². The molecule has 0 aliphatic carbocycles. The van der Waals surface area contributed by atoms with Crippen molar-refractivity contribution in [3.63, 3.8) is 0 Å². The van der Waals surface area contributed by atoms with Gasteiger partial charge >= 0.3 is 12.4 Å². The highest BCUT2D eigenvalue weighted by molar-refractivity contribution is 7.80. The predicted octanol–water partition coefficient (Wildman–Crippen LogP) is 6.92. The third-order valence-electron chi connectivity index (χ3n) is 5.28. The molecule has 1 aliphatic rings. The molecule has 2 N–H and O–H groups in total. The van der Waals surface area contributed by atoms with Crippen molar-refractivity contribution in [1.29, 1.82) is 0 Å². The molecule has 3 aromatic carbocycles. The first-order valence-corrected chi connectivity index (χ1v) is 11.1. The zero-order valence-corrected chi connectivity index (χ0v) is 19.3. The summed E-state index contributed by atoms with van der Waals surface area (Å²) < 4.78 is 84.6. The third-order valence-corrected chi connectivity index (χ3v) is 5.48. The lowest BCUT2D eigenvalue weighted by Gasteiger charge is -2.17. The van der Waals surface area contributed by atoms with Gasteiger partial charge in [-0.25, -0.2) is 4.99 Å². The van der Waals surface area contributed by atoms with Crippen LogP contribution in [0.3, 0.4) is 0 Å². The standard InChI is InChI=1S/C25H19F6N3OS/c26-24(27,28)16-11-17(25(29,30)31)13-18(12-16)33-23(36)34-21-9-5-4-8-20(21)22-32-19(14-35-22)10-15-6-2-1-3-7-15/h1-9,11-13,19H,10,14H2,(H2,33,34,36)/t19-/m0/s1. The number of benzene rings is 3. The van der Waals surface area contributed by atoms with Crippen LogP contribution in [0.5, 0.6) is 0 Å². The fourth-order valence-electron chi connectivity index (χ4n) is 3.64. The van der Waals surface area contributed by atoms with Crippen molar-refractivity contribution in [2.24, 2.45) is 4.99 Å². The van der Waals surface area contributed by atoms with Gasteiger partial charge in [-0.15, -0.1) is 0 Å². The van der Waals surface area contributed by atoms with Gasteiger partial charge in [-0.3, -0.25) is 0 Å². The van der Waals surface area contributed by atoms with Crippen molar-refractivity contribution in [3.05, 3.63) is 95.1 Å². The molecular formula is C25H19F6N3OS. The highest BCUT2D eigenvalue weighted by Crippen LogP contribution is 2.37. The first-order valence-electron chi connectivity index (χ1n) is 10.7. The van der Waals surface area contributed by atoms with Crippen LogP contribution in [0.25, 0.3) is 0 Å². The monoisotopic (exact) mass is 523 g/mol. The molecule has 0 saturated carbocycles. The molecule has 1 atom stereocenters. The maximum atomic E-state index is 13.1. The van der Waals surface area contributed by atoms with Crippen molar-refractivity contribution < 1.29 is 31.1 Å². The molecule has 11 heteroatoms. The van der Waals surface area contributed by atoms with E-state index in [0.717, 1.165) is 5.56 Å². The number of anilines is 2. The van der Waals surface area contributed by atoms with Gasteiger partial charge in [0.1, 0.15) is 6.61 Å². The molecule has 0 spiro atoms. The van der Waals surface area contributed by atoms with E-state index in [9.17, 15) is 26.3 Å². The van der Waals surface area contributed by atoms with Crippen LogP contribution in [-0.2, 0) is 23.5 Å². The number of hydrogen-bond acceptors (Lipinski definition) is 3. The molecule has 0 radical (unpaired) electrons. The molecule has 3 aromatic rings. The minimum atomic E-state index is -4.96. The number of halogens is 6. The summed E-state index contributed by atoms with van der Waals surface area (Å²) >= 11 is 5.17. The van der Waals surface area contributed by atoms with Crippen LogP contribution < -0.4 is 10.6 Å². The molecule has 0 saturated heterocycles. The van der Waals surface area contributed by atoms with E-state index in [1.165, 1.54) is 0 Å². The number of thiocarbonyl (C=S) groups is 1. The van der Waals surface area contributed by atoms with Gasteiger partial charge in [0.25, 0.3) is 0 Å². The second-order valence-electron chi connectivity index (χ2n) is 8.01. The molecule has 0 amide bonds. The fraction of sp³-hybridized carbons (Fsp3) is 0.200. The lowest BCUT2D eigenvalue weighted by Crippen LogP contribution is -2.22. The van der Waals surface area contributed by atoms with E-state index in [1.807, 2.05) is 30.3 Å². The Labute approximate surface area is 208 Å². The Bertz CT molecular complexity index is 1240. The third kappa shape index (κ3) is 6.34. The van der Waals surface area contributed by atoms with E-state index in [-0.39, 0.29) is 17.2 Å². The van der Waals surface area contributed by atoms with E-state index in [0.29, 0.717) is 42.3 Å². The average Bonchev–Trinajstić information content (AvgIpc) is 3.27. The van der Waals surface area contributed by atoms with Crippen LogP contribution in [0, 0.1) is 0 Å². The number of para-hydroxylation sites is 1. The summed E-state index contributed by atoms with van der Waals surface area (Å²) in [5.74, 6) is 0.361. The van der Waals surface area contributed by atoms with Gasteiger partial charge in [-0.2, -0.15) is 26.3 Å². The SMILES string of the molecule is FC(F)(F)c1cc(NC(=S)Nc2ccccc2C2=N[C@@H](Cc3ccccc3)CO2)cc(C(F)(F)F)c1. The van der Waals surface area contributed by atoms with Crippen LogP contribution in [-0.4, -0.2) is 23.7 Å². The van der Waals surface area contributed by atoms with Crippen LogP contribution in [0.15, 0.2) is 77.8 Å². The number of hydrogen-bond donors (Lipinski definition) is 2. The van der Waals surface area contributed by atoms with Crippen molar-refractivity contribution >= 4 is 34.6 Å². The molecule has 0 unspecified atom stereocenters. The molecular weight excluding hydrogens is 504 g/mol. The second kappa shape index (κ2) is 10.2. The van der Waals surface area contributed by atoms with E-state index in [4.69, 9.17) is 17.0 Å². The first kappa shape index (κ1) is 25.5. The Morgan fingerprint density at radius 3 is 2.11 bits per heavy atom. The summed E-state index contributed by atoms with van der Waals surface area (Å²) in [6, 6.07) is 17.7. The molecule has 4 nitrogen and oxygen atoms in total. The number of alkyl halides is 6. The summed E-state index contributed by atoms with van der Waals surface area (Å²) in [4.78, 5) is 4.62. The topological polar surface area (TPSA) is 45.7 Å². The van der Waals surface area contributed by atoms with Crippen LogP contribution in [0.2, 0.25) is 0 Å². The molecule has 0 bridgehead atoms. The number of rotatable bonds is 5. The Morgan fingerprint density at radius 2 is 1.47 bits per heavy atom. The van der Waals surface area contributed by atoms with Crippen molar-refractivity contribution in [3.8, 4) is 0 Å². The van der Waals surface area contributed by atoms with E-state index >= 15 is 0 Å². The average molecular weight is 524 g/mol. The van der Waals surface area contributed by atoms with Crippen LogP contribution in [0.1, 0.15) is 22.3 Å². The van der Waals surface area contributed by atoms with Gasteiger partial charge < -0.3 is 15.4 Å². The molecule has 4 rings (SSSR count). The van der Waals surface area contributed by atoms with Gasteiger partial charge in [0.2, 0.25) is 5.90 Å². The number of aliphatic imine (C=N–C) groups is 1. The number of nitrogens with zero attached hydrogens (tertiary/aromatic N) is 1. The Hall–Kier alpha value is -3.60. The quantitative estimate of drug-likeness (QED) is 0.282. The summed E-state index contributed by atoms with van der Waals surface area (Å²) in [5.41, 5.74) is -1.26. The highest BCUT2D eigenvalue weighted by atomic mass is 32.1. The van der Waals surface area contributed by atoms with Gasteiger partial charge in [-0.1, -0.05) is 42.5 Å². The molecule has 0 fully saturated rings. The Kier molecular flexibility index (Phi) is 7.21. The highest BCUT2D eigenvalue weighted by Gasteiger charge is 2.37. The molecule has 188 valence electrons. The van der Waals surface area contributed by atoms with Gasteiger partial charge in [0, 0.05) is 5.69 Å². The number of ether oxygens (including phenoxy) is 1.